The Kier molecular flexibility index (Phi) is 15.1. The lowest BCUT2D eigenvalue weighted by Crippen LogP contribution is -2.37. The van der Waals surface area contributed by atoms with Crippen molar-refractivity contribution in [1.82, 2.24) is 40.5 Å². The number of aryl methyl sites for hydroxylation is 3. The second-order valence-electron chi connectivity index (χ2n) is 16.2. The van der Waals surface area contributed by atoms with Crippen molar-refractivity contribution in [2.45, 2.75) is 39.2 Å². The van der Waals surface area contributed by atoms with Crippen molar-refractivity contribution in [2.75, 3.05) is 30.5 Å². The molecule has 1 aliphatic carbocycles. The Bertz CT molecular complexity index is 3290. The van der Waals surface area contributed by atoms with Crippen LogP contribution in [0.25, 0.3) is 27.9 Å². The Balaban J connectivity index is 0.000000189. The Hall–Kier alpha value is -8.52. The van der Waals surface area contributed by atoms with Crippen LogP contribution in [0, 0.1) is 32.6 Å². The van der Waals surface area contributed by atoms with Crippen LogP contribution >= 0.6 is 11.6 Å². The monoisotopic (exact) mass is 956 g/mol. The van der Waals surface area contributed by atoms with Crippen molar-refractivity contribution in [3.8, 4) is 34.8 Å². The zero-order valence-corrected chi connectivity index (χ0v) is 39.0. The lowest BCUT2D eigenvalue weighted by molar-refractivity contribution is -0.124. The molecule has 0 unspecified atom stereocenters. The number of fused-ring (bicyclic) bond motifs is 2. The van der Waals surface area contributed by atoms with Gasteiger partial charge in [-0.2, -0.15) is 0 Å². The number of carbonyl (C=O) groups excluding carboxylic acids is 2. The molecule has 0 saturated heterocycles. The third-order valence-electron chi connectivity index (χ3n) is 10.7. The highest BCUT2D eigenvalue weighted by Crippen LogP contribution is 2.36. The highest BCUT2D eigenvalue weighted by molar-refractivity contribution is 6.32. The number of aliphatic hydroxyl groups excluding tert-OH is 1. The number of ether oxygens (including phenoxy) is 2. The largest absolute Gasteiger partial charge is 0.455 e. The summed E-state index contributed by atoms with van der Waals surface area (Å²) in [5.74, 6) is 9.05. The molecule has 2 amide bonds. The van der Waals surface area contributed by atoms with Gasteiger partial charge >= 0.3 is 0 Å². The van der Waals surface area contributed by atoms with Crippen molar-refractivity contribution in [2.24, 2.45) is 0 Å². The number of aromatic nitrogens is 6. The molecule has 5 N–H and O–H groups in total. The van der Waals surface area contributed by atoms with Gasteiger partial charge in [-0.15, -0.1) is 0 Å². The maximum atomic E-state index is 12.2. The average Bonchev–Trinajstić information content (AvgIpc) is 4.14. The summed E-state index contributed by atoms with van der Waals surface area (Å²) in [4.78, 5) is 48.6. The van der Waals surface area contributed by atoms with Crippen LogP contribution in [0.5, 0.6) is 23.0 Å². The van der Waals surface area contributed by atoms with E-state index in [4.69, 9.17) is 26.2 Å². The van der Waals surface area contributed by atoms with E-state index in [9.17, 15) is 14.0 Å². The lowest BCUT2D eigenvalue weighted by Gasteiger charge is -2.12. The molecule has 70 heavy (non-hydrogen) atoms. The van der Waals surface area contributed by atoms with E-state index in [2.05, 4.69) is 63.0 Å². The molecule has 0 aliphatic heterocycles. The van der Waals surface area contributed by atoms with Crippen LogP contribution < -0.4 is 30.7 Å². The number of rotatable bonds is 14. The van der Waals surface area contributed by atoms with E-state index in [0.29, 0.717) is 33.9 Å². The quantitative estimate of drug-likeness (QED) is 0.0646. The average molecular weight is 957 g/mol. The van der Waals surface area contributed by atoms with Crippen LogP contribution in [0.3, 0.4) is 0 Å². The molecule has 0 atom stereocenters. The standard InChI is InChI=1S/C28H25N5O3.C25H21ClFN5O2/c1-18-13-21(5-8-25(18)36-22-6-3-19(2)29-15-22)32-27-23-14-20(4-7-24(23)30-17-31-27)9-10-28(11-12-28)33-26(35)16-34;1-16-4-7-19(14-29-16)34-23-9-6-18(12-21(23)26)32-25-20-11-17(3-2-10-28-24(33)13-27)5-8-22(20)30-15-31-25/h3-8,13-15,17,34H,11-12,16H2,1-2H3,(H,33,35)(H,30,31,32);2-9,11-12,14-15H,10,13H2,1H3,(H,28,33)(H,30,31,32)/b;3-2-. The van der Waals surface area contributed by atoms with Crippen molar-refractivity contribution < 1.29 is 28.6 Å². The number of alkyl halides is 1. The fourth-order valence-corrected chi connectivity index (χ4v) is 7.11. The van der Waals surface area contributed by atoms with Gasteiger partial charge in [0, 0.05) is 45.6 Å². The Labute approximate surface area is 407 Å². The predicted molar refractivity (Wildman–Crippen MR) is 268 cm³/mol. The van der Waals surface area contributed by atoms with Crippen molar-refractivity contribution >= 4 is 74.3 Å². The van der Waals surface area contributed by atoms with Gasteiger partial charge in [0.1, 0.15) is 59.4 Å². The van der Waals surface area contributed by atoms with Crippen LogP contribution in [0.1, 0.15) is 40.9 Å². The molecular formula is C53H46ClFN10O5. The summed E-state index contributed by atoms with van der Waals surface area (Å²) in [6.07, 6.45) is 11.5. The second-order valence-corrected chi connectivity index (χ2v) is 16.6. The molecule has 17 heteroatoms. The first-order valence-corrected chi connectivity index (χ1v) is 22.4. The molecule has 15 nitrogen and oxygen atoms in total. The van der Waals surface area contributed by atoms with Crippen molar-refractivity contribution in [3.05, 3.63) is 161 Å². The van der Waals surface area contributed by atoms with Crippen molar-refractivity contribution in [1.29, 1.82) is 0 Å². The highest BCUT2D eigenvalue weighted by Gasteiger charge is 2.42. The molecule has 0 radical (unpaired) electrons. The lowest BCUT2D eigenvalue weighted by atomic mass is 10.1. The molecule has 9 rings (SSSR count). The first-order chi connectivity index (χ1) is 33.9. The number of anilines is 4. The van der Waals surface area contributed by atoms with Crippen molar-refractivity contribution in [3.63, 3.8) is 0 Å². The van der Waals surface area contributed by atoms with Gasteiger partial charge in [-0.3, -0.25) is 19.6 Å². The molecule has 4 aromatic heterocycles. The van der Waals surface area contributed by atoms with E-state index in [0.717, 1.165) is 79.8 Å². The maximum absolute atomic E-state index is 12.2. The Morgan fingerprint density at radius 2 is 1.34 bits per heavy atom. The molecule has 0 bridgehead atoms. The number of pyridine rings is 2. The number of nitrogens with zero attached hydrogens (tertiary/aromatic N) is 6. The van der Waals surface area contributed by atoms with E-state index < -0.39 is 30.6 Å². The first-order valence-electron chi connectivity index (χ1n) is 22.0. The van der Waals surface area contributed by atoms with Crippen LogP contribution in [0.15, 0.2) is 128 Å². The summed E-state index contributed by atoms with van der Waals surface area (Å²) >= 11 is 6.44. The van der Waals surface area contributed by atoms with Gasteiger partial charge in [0.05, 0.1) is 28.4 Å². The molecule has 4 aromatic carbocycles. The van der Waals surface area contributed by atoms with Crippen LogP contribution in [-0.2, 0) is 9.59 Å². The number of hydrogen-bond acceptors (Lipinski definition) is 13. The Morgan fingerprint density at radius 1 is 0.729 bits per heavy atom. The number of benzene rings is 4. The molecule has 1 aliphatic rings. The van der Waals surface area contributed by atoms with E-state index >= 15 is 0 Å². The number of nitrogens with one attached hydrogen (secondary N) is 4. The fraction of sp³-hybridized carbons (Fsp3) is 0.170. The van der Waals surface area contributed by atoms with Crippen LogP contribution in [-0.4, -0.2) is 72.2 Å². The molecular weight excluding hydrogens is 911 g/mol. The minimum atomic E-state index is -1.03. The third kappa shape index (κ3) is 12.7. The number of amides is 2. The van der Waals surface area contributed by atoms with Gasteiger partial charge < -0.3 is 35.8 Å². The van der Waals surface area contributed by atoms with Gasteiger partial charge in [-0.25, -0.2) is 24.3 Å². The van der Waals surface area contributed by atoms with Gasteiger partial charge in [-0.05, 0) is 136 Å². The SMILES string of the molecule is Cc1ccc(Oc2ccc(Nc3ncnc4ccc(/C=C\CNC(=O)CF)cc34)cc2Cl)cn1.Cc1ccc(Oc2ccc(Nc3ncnc4ccc(C#CC5(NC(=O)CO)CC5)cc34)cc2C)cn1. The van der Waals surface area contributed by atoms with Gasteiger partial charge in [0.15, 0.2) is 6.67 Å². The second kappa shape index (κ2) is 22.1. The van der Waals surface area contributed by atoms with Crippen LogP contribution in [0.2, 0.25) is 5.02 Å². The topological polar surface area (TPSA) is 198 Å². The smallest absolute Gasteiger partial charge is 0.251 e. The Morgan fingerprint density at radius 3 is 1.93 bits per heavy atom. The van der Waals surface area contributed by atoms with Gasteiger partial charge in [-0.1, -0.05) is 41.7 Å². The van der Waals surface area contributed by atoms with E-state index in [1.165, 1.54) is 12.7 Å². The fourth-order valence-electron chi connectivity index (χ4n) is 6.89. The normalized spacial score (nSPS) is 12.3. The molecule has 352 valence electrons. The minimum Gasteiger partial charge on any atom is -0.455 e. The number of carbonyl (C=O) groups is 2. The molecule has 1 saturated carbocycles. The number of halogens is 2. The zero-order valence-electron chi connectivity index (χ0n) is 38.3. The van der Waals surface area contributed by atoms with Gasteiger partial charge in [0.25, 0.3) is 5.91 Å². The predicted octanol–water partition coefficient (Wildman–Crippen LogP) is 9.79. The summed E-state index contributed by atoms with van der Waals surface area (Å²) in [5, 5.41) is 23.0. The van der Waals surface area contributed by atoms with E-state index in [-0.39, 0.29) is 6.54 Å². The summed E-state index contributed by atoms with van der Waals surface area (Å²) in [6.45, 7) is 4.49. The van der Waals surface area contributed by atoms with Gasteiger partial charge in [0.2, 0.25) is 5.91 Å². The summed E-state index contributed by atoms with van der Waals surface area (Å²) < 4.78 is 24.0. The number of hydrogen-bond donors (Lipinski definition) is 5. The number of aliphatic hydroxyl groups is 1. The summed E-state index contributed by atoms with van der Waals surface area (Å²) in [6, 6.07) is 30.1. The molecule has 4 heterocycles. The van der Waals surface area contributed by atoms with Crippen LogP contribution in [0.4, 0.5) is 27.4 Å². The molecule has 1 fully saturated rings. The molecule has 0 spiro atoms. The highest BCUT2D eigenvalue weighted by atomic mass is 35.5. The zero-order chi connectivity index (χ0) is 49.0. The van der Waals surface area contributed by atoms with E-state index in [1.54, 1.807) is 30.6 Å². The third-order valence-corrected chi connectivity index (χ3v) is 11.0. The molecule has 8 aromatic rings. The minimum absolute atomic E-state index is 0.239. The maximum Gasteiger partial charge on any atom is 0.251 e. The summed E-state index contributed by atoms with van der Waals surface area (Å²) in [7, 11) is 0. The first kappa shape index (κ1) is 48.0. The van der Waals surface area contributed by atoms with E-state index in [1.807, 2.05) is 112 Å². The summed E-state index contributed by atoms with van der Waals surface area (Å²) in [5.41, 5.74) is 7.07.